The molecule has 1 unspecified atom stereocenters. The van der Waals surface area contributed by atoms with Gasteiger partial charge in [0.1, 0.15) is 11.9 Å². The zero-order chi connectivity index (χ0) is 13.5. The summed E-state index contributed by atoms with van der Waals surface area (Å²) in [4.78, 5) is 0. The number of benzene rings is 1. The van der Waals surface area contributed by atoms with Crippen molar-refractivity contribution in [1.82, 2.24) is 5.32 Å². The van der Waals surface area contributed by atoms with E-state index in [-0.39, 0.29) is 6.10 Å². The number of ether oxygens (including phenoxy) is 1. The zero-order valence-electron chi connectivity index (χ0n) is 12.3. The van der Waals surface area contributed by atoms with Crippen LogP contribution in [0.1, 0.15) is 51.5 Å². The van der Waals surface area contributed by atoms with Crippen molar-refractivity contribution in [2.75, 3.05) is 6.54 Å². The molecule has 0 amide bonds. The molecule has 106 valence electrons. The quantitative estimate of drug-likeness (QED) is 0.837. The minimum absolute atomic E-state index is 0.231. The fourth-order valence-electron chi connectivity index (χ4n) is 2.81. The molecule has 1 saturated carbocycles. The van der Waals surface area contributed by atoms with Gasteiger partial charge in [0.2, 0.25) is 0 Å². The van der Waals surface area contributed by atoms with Crippen LogP contribution in [-0.4, -0.2) is 18.7 Å². The minimum atomic E-state index is 0.231. The number of hydrogen-bond donors (Lipinski definition) is 1. The van der Waals surface area contributed by atoms with Gasteiger partial charge in [-0.1, -0.05) is 44.4 Å². The van der Waals surface area contributed by atoms with Crippen LogP contribution in [0.5, 0.6) is 5.75 Å². The highest BCUT2D eigenvalue weighted by atomic mass is 16.5. The van der Waals surface area contributed by atoms with Crippen molar-refractivity contribution in [3.8, 4) is 5.75 Å². The highest BCUT2D eigenvalue weighted by Crippen LogP contribution is 2.20. The van der Waals surface area contributed by atoms with Crippen LogP contribution in [0.15, 0.2) is 24.3 Å². The van der Waals surface area contributed by atoms with Crippen molar-refractivity contribution < 1.29 is 4.74 Å². The number of nitrogens with one attached hydrogen (secondary N) is 1. The predicted molar refractivity (Wildman–Crippen MR) is 80.8 cm³/mol. The van der Waals surface area contributed by atoms with E-state index >= 15 is 0 Å². The maximum Gasteiger partial charge on any atom is 0.122 e. The molecule has 0 aromatic heterocycles. The Morgan fingerprint density at radius 1 is 1.21 bits per heavy atom. The van der Waals surface area contributed by atoms with Crippen LogP contribution >= 0.6 is 0 Å². The zero-order valence-corrected chi connectivity index (χ0v) is 12.3. The van der Waals surface area contributed by atoms with Crippen LogP contribution in [0.3, 0.4) is 0 Å². The largest absolute Gasteiger partial charge is 0.489 e. The third-order valence-electron chi connectivity index (χ3n) is 3.98. The molecule has 1 aliphatic rings. The molecule has 2 rings (SSSR count). The van der Waals surface area contributed by atoms with Gasteiger partial charge >= 0.3 is 0 Å². The van der Waals surface area contributed by atoms with Crippen LogP contribution < -0.4 is 10.1 Å². The van der Waals surface area contributed by atoms with Crippen molar-refractivity contribution in [3.05, 3.63) is 29.8 Å². The molecule has 0 aliphatic heterocycles. The summed E-state index contributed by atoms with van der Waals surface area (Å²) in [6, 6.07) is 9.07. The maximum absolute atomic E-state index is 6.06. The fourth-order valence-corrected chi connectivity index (χ4v) is 2.81. The summed E-state index contributed by atoms with van der Waals surface area (Å²) in [6.07, 6.45) is 8.09. The molecular formula is C17H27NO. The van der Waals surface area contributed by atoms with Crippen LogP contribution in [-0.2, 0) is 6.42 Å². The Balaban J connectivity index is 1.78. The second-order valence-corrected chi connectivity index (χ2v) is 5.63. The summed E-state index contributed by atoms with van der Waals surface area (Å²) >= 11 is 0. The first-order valence-corrected chi connectivity index (χ1v) is 7.77. The molecule has 1 aromatic carbocycles. The fraction of sp³-hybridized carbons (Fsp3) is 0.647. The van der Waals surface area contributed by atoms with Gasteiger partial charge in [0.15, 0.2) is 0 Å². The van der Waals surface area contributed by atoms with Gasteiger partial charge in [-0.3, -0.25) is 0 Å². The molecule has 1 aromatic rings. The Morgan fingerprint density at radius 2 is 1.95 bits per heavy atom. The molecule has 0 heterocycles. The Morgan fingerprint density at radius 3 is 2.68 bits per heavy atom. The average Bonchev–Trinajstić information content (AvgIpc) is 2.47. The Bertz CT molecular complexity index is 371. The average molecular weight is 261 g/mol. The maximum atomic E-state index is 6.06. The molecule has 1 fully saturated rings. The predicted octanol–water partition coefficient (Wildman–Crippen LogP) is 3.94. The second-order valence-electron chi connectivity index (χ2n) is 5.63. The lowest BCUT2D eigenvalue weighted by Gasteiger charge is -2.25. The number of para-hydroxylation sites is 1. The third kappa shape index (κ3) is 4.54. The number of rotatable bonds is 6. The normalized spacial score (nSPS) is 18.2. The molecule has 1 aliphatic carbocycles. The first-order valence-electron chi connectivity index (χ1n) is 7.77. The molecule has 0 spiro atoms. The van der Waals surface area contributed by atoms with E-state index in [2.05, 4.69) is 43.4 Å². The van der Waals surface area contributed by atoms with Gasteiger partial charge in [-0.05, 0) is 37.8 Å². The SMILES string of the molecule is CCc1ccccc1OC(C)CNC1CCCCC1. The van der Waals surface area contributed by atoms with Crippen LogP contribution in [0.2, 0.25) is 0 Å². The summed E-state index contributed by atoms with van der Waals surface area (Å²) in [5.74, 6) is 1.04. The molecule has 0 saturated heterocycles. The first-order chi connectivity index (χ1) is 9.29. The molecule has 0 radical (unpaired) electrons. The van der Waals surface area contributed by atoms with E-state index < -0.39 is 0 Å². The van der Waals surface area contributed by atoms with E-state index in [1.165, 1.54) is 37.7 Å². The van der Waals surface area contributed by atoms with E-state index in [4.69, 9.17) is 4.74 Å². The Labute approximate surface area is 117 Å². The van der Waals surface area contributed by atoms with Crippen LogP contribution in [0.25, 0.3) is 0 Å². The van der Waals surface area contributed by atoms with Gasteiger partial charge in [0, 0.05) is 12.6 Å². The standard InChI is InChI=1S/C17H27NO/c1-3-15-9-7-8-12-17(15)19-14(2)13-18-16-10-5-4-6-11-16/h7-9,12,14,16,18H,3-6,10-11,13H2,1-2H3. The molecule has 1 N–H and O–H groups in total. The summed E-state index contributed by atoms with van der Waals surface area (Å²) in [7, 11) is 0. The molecule has 1 atom stereocenters. The third-order valence-corrected chi connectivity index (χ3v) is 3.98. The van der Waals surface area contributed by atoms with E-state index in [0.717, 1.165) is 18.7 Å². The van der Waals surface area contributed by atoms with Crippen molar-refractivity contribution in [2.45, 2.75) is 64.5 Å². The molecule has 2 heteroatoms. The van der Waals surface area contributed by atoms with Gasteiger partial charge in [0.05, 0.1) is 0 Å². The van der Waals surface area contributed by atoms with E-state index in [9.17, 15) is 0 Å². The highest BCUT2D eigenvalue weighted by molar-refractivity contribution is 5.33. The Kier molecular flexibility index (Phi) is 5.71. The second kappa shape index (κ2) is 7.54. The van der Waals surface area contributed by atoms with Crippen molar-refractivity contribution >= 4 is 0 Å². The van der Waals surface area contributed by atoms with Crippen molar-refractivity contribution in [3.63, 3.8) is 0 Å². The van der Waals surface area contributed by atoms with Crippen LogP contribution in [0.4, 0.5) is 0 Å². The van der Waals surface area contributed by atoms with E-state index in [1.54, 1.807) is 0 Å². The summed E-state index contributed by atoms with van der Waals surface area (Å²) < 4.78 is 6.06. The minimum Gasteiger partial charge on any atom is -0.489 e. The number of hydrogen-bond acceptors (Lipinski definition) is 2. The highest BCUT2D eigenvalue weighted by Gasteiger charge is 2.14. The molecule has 0 bridgehead atoms. The molecule has 19 heavy (non-hydrogen) atoms. The van der Waals surface area contributed by atoms with Crippen molar-refractivity contribution in [1.29, 1.82) is 0 Å². The first kappa shape index (κ1) is 14.4. The summed E-state index contributed by atoms with van der Waals surface area (Å²) in [6.45, 7) is 5.28. The Hall–Kier alpha value is -1.02. The monoisotopic (exact) mass is 261 g/mol. The van der Waals surface area contributed by atoms with Crippen molar-refractivity contribution in [2.24, 2.45) is 0 Å². The topological polar surface area (TPSA) is 21.3 Å². The molecule has 2 nitrogen and oxygen atoms in total. The lowest BCUT2D eigenvalue weighted by Crippen LogP contribution is -2.37. The van der Waals surface area contributed by atoms with Gasteiger partial charge in [-0.25, -0.2) is 0 Å². The summed E-state index contributed by atoms with van der Waals surface area (Å²) in [5.41, 5.74) is 1.30. The van der Waals surface area contributed by atoms with Gasteiger partial charge in [0.25, 0.3) is 0 Å². The van der Waals surface area contributed by atoms with E-state index in [0.29, 0.717) is 6.04 Å². The summed E-state index contributed by atoms with van der Waals surface area (Å²) in [5, 5.41) is 3.65. The smallest absolute Gasteiger partial charge is 0.122 e. The van der Waals surface area contributed by atoms with Gasteiger partial charge in [-0.2, -0.15) is 0 Å². The molecular weight excluding hydrogens is 234 g/mol. The lowest BCUT2D eigenvalue weighted by atomic mass is 9.95. The van der Waals surface area contributed by atoms with Gasteiger partial charge < -0.3 is 10.1 Å². The lowest BCUT2D eigenvalue weighted by molar-refractivity contribution is 0.203. The van der Waals surface area contributed by atoms with E-state index in [1.807, 2.05) is 0 Å². The number of aryl methyl sites for hydroxylation is 1. The van der Waals surface area contributed by atoms with Gasteiger partial charge in [-0.15, -0.1) is 0 Å². The van der Waals surface area contributed by atoms with Crippen LogP contribution in [0, 0.1) is 0 Å².